The Balaban J connectivity index is 1.87. The van der Waals surface area contributed by atoms with Crippen LogP contribution in [0.15, 0.2) is 59.2 Å². The molecule has 0 bridgehead atoms. The second-order valence-electron chi connectivity index (χ2n) is 4.72. The van der Waals surface area contributed by atoms with Crippen molar-refractivity contribution in [2.75, 3.05) is 5.32 Å². The number of nitrogens with one attached hydrogen (secondary N) is 2. The lowest BCUT2D eigenvalue weighted by Crippen LogP contribution is -2.23. The number of aliphatic carboxylic acids is 1. The Morgan fingerprint density at radius 1 is 1.09 bits per heavy atom. The summed E-state index contributed by atoms with van der Waals surface area (Å²) in [5, 5.41) is 14.0. The number of carboxylic acid groups (broad SMARTS) is 1. The van der Waals surface area contributed by atoms with E-state index in [-0.39, 0.29) is 12.5 Å². The van der Waals surface area contributed by atoms with Crippen molar-refractivity contribution in [3.05, 3.63) is 70.3 Å². The van der Waals surface area contributed by atoms with Crippen LogP contribution in [0.1, 0.15) is 11.1 Å². The highest BCUT2D eigenvalue weighted by Gasteiger charge is 2.02. The van der Waals surface area contributed by atoms with Crippen LogP contribution >= 0.6 is 15.9 Å². The number of halogens is 1. The van der Waals surface area contributed by atoms with E-state index in [1.165, 1.54) is 0 Å². The molecule has 118 valence electrons. The Labute approximate surface area is 142 Å². The highest BCUT2D eigenvalue weighted by molar-refractivity contribution is 9.10. The number of urea groups is 1. The fourth-order valence-corrected chi connectivity index (χ4v) is 2.28. The molecule has 23 heavy (non-hydrogen) atoms. The average molecular weight is 375 g/mol. The Morgan fingerprint density at radius 3 is 2.43 bits per heavy atom. The van der Waals surface area contributed by atoms with Gasteiger partial charge in [0.05, 0.1) is 6.42 Å². The Hall–Kier alpha value is -2.60. The predicted octanol–water partition coefficient (Wildman–Crippen LogP) is 3.87. The summed E-state index contributed by atoms with van der Waals surface area (Å²) in [5.41, 5.74) is 2.22. The zero-order valence-electron chi connectivity index (χ0n) is 12.1. The first-order valence-corrected chi connectivity index (χ1v) is 7.63. The molecule has 6 heteroatoms. The van der Waals surface area contributed by atoms with Gasteiger partial charge >= 0.3 is 12.0 Å². The number of amides is 2. The highest BCUT2D eigenvalue weighted by atomic mass is 79.9. The summed E-state index contributed by atoms with van der Waals surface area (Å²) in [4.78, 5) is 22.4. The van der Waals surface area contributed by atoms with Gasteiger partial charge in [0.15, 0.2) is 0 Å². The SMILES string of the molecule is O=C(O)Cc1ccc(NC(=O)N/C=C/c2ccccc2Br)cc1. The highest BCUT2D eigenvalue weighted by Crippen LogP contribution is 2.16. The molecular formula is C17H15BrN2O3. The molecule has 2 amide bonds. The summed E-state index contributed by atoms with van der Waals surface area (Å²) in [7, 11) is 0. The smallest absolute Gasteiger partial charge is 0.323 e. The lowest BCUT2D eigenvalue weighted by atomic mass is 10.1. The number of carboxylic acids is 1. The summed E-state index contributed by atoms with van der Waals surface area (Å²) >= 11 is 3.42. The molecule has 0 radical (unpaired) electrons. The van der Waals surface area contributed by atoms with Gasteiger partial charge in [0.25, 0.3) is 0 Å². The number of hydrogen-bond donors (Lipinski definition) is 3. The summed E-state index contributed by atoms with van der Waals surface area (Å²) in [6.07, 6.45) is 3.29. The first kappa shape index (κ1) is 16.8. The molecule has 2 rings (SSSR count). The molecule has 0 saturated carbocycles. The van der Waals surface area contributed by atoms with Gasteiger partial charge in [0.2, 0.25) is 0 Å². The molecule has 0 aromatic heterocycles. The molecule has 2 aromatic rings. The number of carbonyl (C=O) groups excluding carboxylic acids is 1. The molecule has 0 saturated heterocycles. The molecule has 0 aliphatic rings. The monoisotopic (exact) mass is 374 g/mol. The molecule has 3 N–H and O–H groups in total. The zero-order chi connectivity index (χ0) is 16.7. The van der Waals surface area contributed by atoms with Crippen LogP contribution < -0.4 is 10.6 Å². The van der Waals surface area contributed by atoms with Crippen LogP contribution in [-0.4, -0.2) is 17.1 Å². The van der Waals surface area contributed by atoms with Crippen molar-refractivity contribution in [2.45, 2.75) is 6.42 Å². The van der Waals surface area contributed by atoms with Crippen LogP contribution in [0, 0.1) is 0 Å². The minimum absolute atomic E-state index is 0.0405. The van der Waals surface area contributed by atoms with Gasteiger partial charge in [0.1, 0.15) is 0 Å². The lowest BCUT2D eigenvalue weighted by molar-refractivity contribution is -0.136. The van der Waals surface area contributed by atoms with Gasteiger partial charge in [-0.05, 0) is 35.4 Å². The Morgan fingerprint density at radius 2 is 1.78 bits per heavy atom. The maximum absolute atomic E-state index is 11.8. The number of carbonyl (C=O) groups is 2. The first-order chi connectivity index (χ1) is 11.0. The lowest BCUT2D eigenvalue weighted by Gasteiger charge is -2.05. The van der Waals surface area contributed by atoms with Gasteiger partial charge in [-0.15, -0.1) is 0 Å². The number of hydrogen-bond acceptors (Lipinski definition) is 2. The zero-order valence-corrected chi connectivity index (χ0v) is 13.7. The second kappa shape index (κ2) is 8.14. The minimum atomic E-state index is -0.888. The van der Waals surface area contributed by atoms with Crippen molar-refractivity contribution < 1.29 is 14.7 Å². The summed E-state index contributed by atoms with van der Waals surface area (Å²) in [5.74, 6) is -0.888. The number of benzene rings is 2. The van der Waals surface area contributed by atoms with Gasteiger partial charge < -0.3 is 15.7 Å². The van der Waals surface area contributed by atoms with Gasteiger partial charge in [-0.25, -0.2) is 4.79 Å². The second-order valence-corrected chi connectivity index (χ2v) is 5.58. The van der Waals surface area contributed by atoms with Crippen molar-refractivity contribution >= 4 is 39.7 Å². The van der Waals surface area contributed by atoms with Crippen molar-refractivity contribution in [3.63, 3.8) is 0 Å². The van der Waals surface area contributed by atoms with Crippen molar-refractivity contribution in [1.29, 1.82) is 0 Å². The molecule has 0 heterocycles. The standard InChI is InChI=1S/C17H15BrN2O3/c18-15-4-2-1-3-13(15)9-10-19-17(23)20-14-7-5-12(6-8-14)11-16(21)22/h1-10H,11H2,(H,21,22)(H2,19,20,23)/b10-9+. The van der Waals surface area contributed by atoms with Crippen molar-refractivity contribution in [1.82, 2.24) is 5.32 Å². The van der Waals surface area contributed by atoms with Crippen LogP contribution in [-0.2, 0) is 11.2 Å². The van der Waals surface area contributed by atoms with Crippen LogP contribution in [0.3, 0.4) is 0 Å². The van der Waals surface area contributed by atoms with E-state index in [0.29, 0.717) is 11.3 Å². The topological polar surface area (TPSA) is 78.4 Å². The summed E-state index contributed by atoms with van der Waals surface area (Å²) in [6.45, 7) is 0. The molecule has 0 atom stereocenters. The normalized spacial score (nSPS) is 10.5. The van der Waals surface area contributed by atoms with E-state index in [4.69, 9.17) is 5.11 Å². The summed E-state index contributed by atoms with van der Waals surface area (Å²) < 4.78 is 0.937. The number of anilines is 1. The molecular weight excluding hydrogens is 360 g/mol. The first-order valence-electron chi connectivity index (χ1n) is 6.84. The van der Waals surface area contributed by atoms with Crippen molar-refractivity contribution in [3.8, 4) is 0 Å². The molecule has 0 unspecified atom stereocenters. The molecule has 2 aromatic carbocycles. The van der Waals surface area contributed by atoms with E-state index in [2.05, 4.69) is 26.6 Å². The number of rotatable bonds is 5. The maximum atomic E-state index is 11.8. The minimum Gasteiger partial charge on any atom is -0.481 e. The van der Waals surface area contributed by atoms with Gasteiger partial charge in [-0.1, -0.05) is 46.3 Å². The van der Waals surface area contributed by atoms with Crippen LogP contribution in [0.2, 0.25) is 0 Å². The molecule has 0 spiro atoms. The third kappa shape index (κ3) is 5.60. The van der Waals surface area contributed by atoms with Crippen LogP contribution in [0.5, 0.6) is 0 Å². The molecule has 0 fully saturated rings. The maximum Gasteiger partial charge on any atom is 0.323 e. The predicted molar refractivity (Wildman–Crippen MR) is 93.1 cm³/mol. The molecule has 5 nitrogen and oxygen atoms in total. The fourth-order valence-electron chi connectivity index (χ4n) is 1.87. The van der Waals surface area contributed by atoms with E-state index in [1.54, 1.807) is 36.5 Å². The van der Waals surface area contributed by atoms with Crippen LogP contribution in [0.4, 0.5) is 10.5 Å². The van der Waals surface area contributed by atoms with E-state index in [9.17, 15) is 9.59 Å². The molecule has 0 aliphatic heterocycles. The third-order valence-corrected chi connectivity index (χ3v) is 3.67. The van der Waals surface area contributed by atoms with Gasteiger partial charge in [-0.3, -0.25) is 4.79 Å². The Bertz CT molecular complexity index is 727. The van der Waals surface area contributed by atoms with E-state index in [1.807, 2.05) is 24.3 Å². The van der Waals surface area contributed by atoms with E-state index >= 15 is 0 Å². The van der Waals surface area contributed by atoms with Gasteiger partial charge in [0, 0.05) is 16.4 Å². The van der Waals surface area contributed by atoms with Gasteiger partial charge in [-0.2, -0.15) is 0 Å². The quantitative estimate of drug-likeness (QED) is 0.743. The summed E-state index contributed by atoms with van der Waals surface area (Å²) in [6, 6.07) is 13.9. The fraction of sp³-hybridized carbons (Fsp3) is 0.0588. The largest absolute Gasteiger partial charge is 0.481 e. The van der Waals surface area contributed by atoms with E-state index < -0.39 is 5.97 Å². The Kier molecular flexibility index (Phi) is 5.94. The van der Waals surface area contributed by atoms with Crippen LogP contribution in [0.25, 0.3) is 6.08 Å². The van der Waals surface area contributed by atoms with Crippen molar-refractivity contribution in [2.24, 2.45) is 0 Å². The molecule has 0 aliphatic carbocycles. The van der Waals surface area contributed by atoms with E-state index in [0.717, 1.165) is 10.0 Å². The average Bonchev–Trinajstić information content (AvgIpc) is 2.51. The third-order valence-electron chi connectivity index (χ3n) is 2.95.